The summed E-state index contributed by atoms with van der Waals surface area (Å²) < 4.78 is 26.9. The summed E-state index contributed by atoms with van der Waals surface area (Å²) >= 11 is 11.7. The van der Waals surface area contributed by atoms with Gasteiger partial charge in [-0.15, -0.1) is 0 Å². The Hall–Kier alpha value is -2.58. The van der Waals surface area contributed by atoms with Crippen molar-refractivity contribution in [2.75, 3.05) is 12.0 Å². The van der Waals surface area contributed by atoms with E-state index in [2.05, 4.69) is 15.6 Å². The minimum absolute atomic E-state index is 0.276. The average Bonchev–Trinajstić information content (AvgIpc) is 3.07. The van der Waals surface area contributed by atoms with Crippen molar-refractivity contribution in [3.8, 4) is 11.5 Å². The molecule has 9 heteroatoms. The van der Waals surface area contributed by atoms with Gasteiger partial charge in [-0.2, -0.15) is 5.10 Å². The zero-order valence-corrected chi connectivity index (χ0v) is 17.7. The fraction of sp³-hybridized carbons (Fsp3) is 0.300. The topological polar surface area (TPSA) is 64.1 Å². The summed E-state index contributed by atoms with van der Waals surface area (Å²) in [5, 5.41) is 7.47. The van der Waals surface area contributed by atoms with Crippen LogP contribution in [0.3, 0.4) is 0 Å². The van der Waals surface area contributed by atoms with E-state index in [1.807, 2.05) is 19.9 Å². The Morgan fingerprint density at radius 3 is 2.59 bits per heavy atom. The maximum Gasteiger partial charge on any atom is 0.214 e. The number of aromatic amines is 1. The molecule has 1 aromatic heterocycles. The van der Waals surface area contributed by atoms with Crippen molar-refractivity contribution in [1.29, 1.82) is 0 Å². The number of hydrogen-bond acceptors (Lipinski definition) is 5. The normalized spacial score (nSPS) is 10.8. The molecule has 0 radical (unpaired) electrons. The lowest BCUT2D eigenvalue weighted by atomic mass is 10.2. The zero-order chi connectivity index (χ0) is 20.8. The minimum atomic E-state index is -0.285. The summed E-state index contributed by atoms with van der Waals surface area (Å²) in [5.41, 5.74) is 4.90. The van der Waals surface area contributed by atoms with Gasteiger partial charge in [-0.05, 0) is 48.5 Å². The summed E-state index contributed by atoms with van der Waals surface area (Å²) in [7, 11) is 0. The minimum Gasteiger partial charge on any atom is -0.490 e. The third kappa shape index (κ3) is 5.27. The Bertz CT molecular complexity index is 1020. The molecule has 3 aromatic rings. The molecule has 154 valence electrons. The van der Waals surface area contributed by atoms with Gasteiger partial charge in [0.15, 0.2) is 17.3 Å². The predicted octanol–water partition coefficient (Wildman–Crippen LogP) is 5.02. The Labute approximate surface area is 178 Å². The third-order valence-electron chi connectivity index (χ3n) is 4.21. The highest BCUT2D eigenvalue weighted by atomic mass is 35.5. The van der Waals surface area contributed by atoms with Crippen LogP contribution in [-0.2, 0) is 19.6 Å². The van der Waals surface area contributed by atoms with Gasteiger partial charge in [0, 0.05) is 17.5 Å². The summed E-state index contributed by atoms with van der Waals surface area (Å²) in [4.78, 5) is 0. The Morgan fingerprint density at radius 2 is 1.90 bits per heavy atom. The van der Waals surface area contributed by atoms with Crippen molar-refractivity contribution in [2.45, 2.75) is 33.4 Å². The van der Waals surface area contributed by atoms with Gasteiger partial charge in [0.05, 0.1) is 13.2 Å². The van der Waals surface area contributed by atoms with Crippen LogP contribution in [0.4, 0.5) is 4.39 Å². The summed E-state index contributed by atoms with van der Waals surface area (Å²) in [6, 6.07) is 9.71. The van der Waals surface area contributed by atoms with E-state index in [-0.39, 0.29) is 12.4 Å². The Balaban J connectivity index is 1.77. The number of hydrogen-bond donors (Lipinski definition) is 2. The second kappa shape index (κ2) is 9.76. The lowest BCUT2D eigenvalue weighted by Crippen LogP contribution is -2.17. The molecule has 1 heterocycles. The molecular formula is C20H22ClFN4O2S. The standard InChI is InChI=1S/C20H22ClFN4O2S/c1-3-19-24-25-20(29)26(19)23-11-14-9-17(27-4-2)18(10-16(14)21)28-12-13-5-7-15(22)8-6-13/h5-10,23H,3-4,11-12H2,1-2H3,(H,25,29). The van der Waals surface area contributed by atoms with Crippen LogP contribution in [0.15, 0.2) is 36.4 Å². The molecule has 6 nitrogen and oxygen atoms in total. The first-order valence-electron chi connectivity index (χ1n) is 9.24. The highest BCUT2D eigenvalue weighted by Gasteiger charge is 2.13. The second-order valence-corrected chi connectivity index (χ2v) is 7.00. The van der Waals surface area contributed by atoms with Gasteiger partial charge in [-0.1, -0.05) is 30.7 Å². The van der Waals surface area contributed by atoms with E-state index in [0.717, 1.165) is 23.4 Å². The average molecular weight is 437 g/mol. The van der Waals surface area contributed by atoms with E-state index in [1.165, 1.54) is 12.1 Å². The molecule has 0 aliphatic rings. The van der Waals surface area contributed by atoms with Crippen LogP contribution in [-0.4, -0.2) is 21.5 Å². The quantitative estimate of drug-likeness (QED) is 0.461. The summed E-state index contributed by atoms with van der Waals surface area (Å²) in [5.74, 6) is 1.63. The molecule has 0 bridgehead atoms. The monoisotopic (exact) mass is 436 g/mol. The van der Waals surface area contributed by atoms with Crippen molar-refractivity contribution in [3.05, 3.63) is 69.0 Å². The number of ether oxygens (including phenoxy) is 2. The highest BCUT2D eigenvalue weighted by molar-refractivity contribution is 7.71. The molecule has 0 saturated carbocycles. The number of nitrogens with one attached hydrogen (secondary N) is 2. The fourth-order valence-corrected chi connectivity index (χ4v) is 3.17. The number of rotatable bonds is 9. The van der Waals surface area contributed by atoms with E-state index < -0.39 is 0 Å². The molecule has 0 amide bonds. The Kier molecular flexibility index (Phi) is 7.11. The van der Waals surface area contributed by atoms with Crippen molar-refractivity contribution >= 4 is 23.8 Å². The smallest absolute Gasteiger partial charge is 0.214 e. The van der Waals surface area contributed by atoms with Gasteiger partial charge >= 0.3 is 0 Å². The molecule has 0 atom stereocenters. The van der Waals surface area contributed by atoms with Crippen LogP contribution in [0.25, 0.3) is 0 Å². The molecule has 0 unspecified atom stereocenters. The van der Waals surface area contributed by atoms with E-state index in [9.17, 15) is 4.39 Å². The first kappa shape index (κ1) is 21.1. The number of aromatic nitrogens is 3. The van der Waals surface area contributed by atoms with Crippen molar-refractivity contribution in [3.63, 3.8) is 0 Å². The van der Waals surface area contributed by atoms with Gasteiger partial charge in [-0.25, -0.2) is 9.07 Å². The predicted molar refractivity (Wildman–Crippen MR) is 113 cm³/mol. The van der Waals surface area contributed by atoms with Crippen LogP contribution in [0, 0.1) is 10.6 Å². The van der Waals surface area contributed by atoms with E-state index in [0.29, 0.717) is 34.4 Å². The van der Waals surface area contributed by atoms with Gasteiger partial charge in [0.1, 0.15) is 12.4 Å². The number of aryl methyl sites for hydroxylation is 1. The largest absolute Gasteiger partial charge is 0.490 e. The molecule has 29 heavy (non-hydrogen) atoms. The molecule has 0 spiro atoms. The molecule has 2 N–H and O–H groups in total. The summed E-state index contributed by atoms with van der Waals surface area (Å²) in [6.07, 6.45) is 0.730. The van der Waals surface area contributed by atoms with Crippen molar-refractivity contribution < 1.29 is 13.9 Å². The maximum atomic E-state index is 13.1. The van der Waals surface area contributed by atoms with Crippen LogP contribution >= 0.6 is 23.8 Å². The molecule has 0 aliphatic carbocycles. The number of H-pyrrole nitrogens is 1. The fourth-order valence-electron chi connectivity index (χ4n) is 2.73. The van der Waals surface area contributed by atoms with Crippen LogP contribution < -0.4 is 14.9 Å². The number of halogens is 2. The van der Waals surface area contributed by atoms with Gasteiger partial charge in [0.2, 0.25) is 4.77 Å². The first-order chi connectivity index (χ1) is 14.0. The zero-order valence-electron chi connectivity index (χ0n) is 16.2. The maximum absolute atomic E-state index is 13.1. The van der Waals surface area contributed by atoms with Gasteiger partial charge in [-0.3, -0.25) is 5.10 Å². The molecule has 0 aliphatic heterocycles. The lowest BCUT2D eigenvalue weighted by Gasteiger charge is -2.16. The molecule has 3 rings (SSSR count). The molecular weight excluding hydrogens is 415 g/mol. The lowest BCUT2D eigenvalue weighted by molar-refractivity contribution is 0.269. The van der Waals surface area contributed by atoms with Crippen molar-refractivity contribution in [1.82, 2.24) is 14.9 Å². The third-order valence-corrected chi connectivity index (χ3v) is 4.83. The van der Waals surface area contributed by atoms with Crippen molar-refractivity contribution in [2.24, 2.45) is 0 Å². The molecule has 0 fully saturated rings. The molecule has 2 aromatic carbocycles. The van der Waals surface area contributed by atoms with Gasteiger partial charge in [0.25, 0.3) is 0 Å². The van der Waals surface area contributed by atoms with E-state index >= 15 is 0 Å². The molecule has 0 saturated heterocycles. The second-order valence-electron chi connectivity index (χ2n) is 6.21. The summed E-state index contributed by atoms with van der Waals surface area (Å²) in [6.45, 7) is 5.08. The highest BCUT2D eigenvalue weighted by Crippen LogP contribution is 2.34. The first-order valence-corrected chi connectivity index (χ1v) is 10.0. The van der Waals surface area contributed by atoms with E-state index in [1.54, 1.807) is 22.9 Å². The number of nitrogens with zero attached hydrogens (tertiary/aromatic N) is 2. The SMILES string of the molecule is CCOc1cc(CNn2c(CC)n[nH]c2=S)c(Cl)cc1OCc1ccc(F)cc1. The van der Waals surface area contributed by atoms with Crippen LogP contribution in [0.1, 0.15) is 30.8 Å². The van der Waals surface area contributed by atoms with Crippen LogP contribution in [0.2, 0.25) is 5.02 Å². The van der Waals surface area contributed by atoms with Gasteiger partial charge < -0.3 is 14.9 Å². The van der Waals surface area contributed by atoms with E-state index in [4.69, 9.17) is 33.3 Å². The Morgan fingerprint density at radius 1 is 1.17 bits per heavy atom. The number of benzene rings is 2. The van der Waals surface area contributed by atoms with Crippen LogP contribution in [0.5, 0.6) is 11.5 Å².